The highest BCUT2D eigenvalue weighted by molar-refractivity contribution is 5.79. The van der Waals surface area contributed by atoms with Gasteiger partial charge in [0, 0.05) is 13.1 Å². The molecular formula is C12H15F3N2O2. The first kappa shape index (κ1) is 15.3. The van der Waals surface area contributed by atoms with Gasteiger partial charge in [0.15, 0.2) is 0 Å². The normalized spacial score (nSPS) is 11.4. The number of carbonyl (C=O) groups excluding carboxylic acids is 1. The van der Waals surface area contributed by atoms with Crippen molar-refractivity contribution in [2.24, 2.45) is 5.73 Å². The summed E-state index contributed by atoms with van der Waals surface area (Å²) in [6.45, 7) is -1.51. The molecule has 0 aromatic heterocycles. The molecule has 0 atom stereocenters. The van der Waals surface area contributed by atoms with Crippen molar-refractivity contribution < 1.29 is 23.1 Å². The number of phenolic OH excluding ortho intramolecular Hbond substituents is 1. The van der Waals surface area contributed by atoms with E-state index in [4.69, 9.17) is 5.73 Å². The molecule has 3 N–H and O–H groups in total. The summed E-state index contributed by atoms with van der Waals surface area (Å²) in [6.07, 6.45) is -4.66. The lowest BCUT2D eigenvalue weighted by atomic mass is 10.1. The number of hydrogen-bond acceptors (Lipinski definition) is 3. The van der Waals surface area contributed by atoms with Crippen molar-refractivity contribution in [2.75, 3.05) is 19.6 Å². The molecule has 0 radical (unpaired) electrons. The summed E-state index contributed by atoms with van der Waals surface area (Å²) in [4.78, 5) is 12.5. The van der Waals surface area contributed by atoms with E-state index < -0.39 is 18.6 Å². The number of phenols is 1. The van der Waals surface area contributed by atoms with Gasteiger partial charge >= 0.3 is 6.18 Å². The zero-order chi connectivity index (χ0) is 14.5. The summed E-state index contributed by atoms with van der Waals surface area (Å²) in [6, 6.07) is 5.84. The van der Waals surface area contributed by atoms with Gasteiger partial charge in [0.25, 0.3) is 0 Å². The van der Waals surface area contributed by atoms with Crippen LogP contribution in [0.3, 0.4) is 0 Å². The molecule has 1 rings (SSSR count). The molecule has 0 aliphatic carbocycles. The minimum atomic E-state index is -4.45. The number of carbonyl (C=O) groups is 1. The van der Waals surface area contributed by atoms with Crippen molar-refractivity contribution in [3.05, 3.63) is 29.8 Å². The summed E-state index contributed by atoms with van der Waals surface area (Å²) in [5, 5.41) is 9.23. The van der Waals surface area contributed by atoms with Gasteiger partial charge in [-0.1, -0.05) is 12.1 Å². The van der Waals surface area contributed by atoms with Gasteiger partial charge in [0.05, 0.1) is 6.42 Å². The fourth-order valence-electron chi connectivity index (χ4n) is 1.62. The molecule has 0 unspecified atom stereocenters. The van der Waals surface area contributed by atoms with Gasteiger partial charge in [0.1, 0.15) is 12.3 Å². The second kappa shape index (κ2) is 6.42. The largest absolute Gasteiger partial charge is 0.508 e. The SMILES string of the molecule is NCCN(CC(F)(F)F)C(=O)Cc1cccc(O)c1. The first-order chi connectivity index (χ1) is 8.81. The van der Waals surface area contributed by atoms with Crippen LogP contribution in [0.2, 0.25) is 0 Å². The summed E-state index contributed by atoms with van der Waals surface area (Å²) in [5.74, 6) is -0.708. The Hall–Kier alpha value is -1.76. The first-order valence-electron chi connectivity index (χ1n) is 5.64. The van der Waals surface area contributed by atoms with Crippen LogP contribution in [0.15, 0.2) is 24.3 Å². The van der Waals surface area contributed by atoms with Gasteiger partial charge in [0.2, 0.25) is 5.91 Å². The van der Waals surface area contributed by atoms with Gasteiger partial charge in [-0.3, -0.25) is 4.79 Å². The molecule has 106 valence electrons. The number of amides is 1. The van der Waals surface area contributed by atoms with E-state index >= 15 is 0 Å². The molecule has 0 saturated carbocycles. The Labute approximate surface area is 108 Å². The summed E-state index contributed by atoms with van der Waals surface area (Å²) < 4.78 is 37.0. The van der Waals surface area contributed by atoms with E-state index in [9.17, 15) is 23.1 Å². The smallest absolute Gasteiger partial charge is 0.406 e. The minimum Gasteiger partial charge on any atom is -0.508 e. The van der Waals surface area contributed by atoms with E-state index in [-0.39, 0.29) is 25.3 Å². The van der Waals surface area contributed by atoms with E-state index in [0.29, 0.717) is 10.5 Å². The number of rotatable bonds is 5. The summed E-state index contributed by atoms with van der Waals surface area (Å²) in [5.41, 5.74) is 5.66. The van der Waals surface area contributed by atoms with Crippen molar-refractivity contribution in [1.82, 2.24) is 4.90 Å². The number of hydrogen-bond donors (Lipinski definition) is 2. The lowest BCUT2D eigenvalue weighted by molar-refractivity contribution is -0.160. The molecule has 19 heavy (non-hydrogen) atoms. The molecule has 0 heterocycles. The number of nitrogens with zero attached hydrogens (tertiary/aromatic N) is 1. The minimum absolute atomic E-state index is 0.0357. The Morgan fingerprint density at radius 3 is 2.58 bits per heavy atom. The predicted molar refractivity (Wildman–Crippen MR) is 63.5 cm³/mol. The molecule has 0 saturated heterocycles. The van der Waals surface area contributed by atoms with Crippen LogP contribution in [0.4, 0.5) is 13.2 Å². The molecule has 7 heteroatoms. The Morgan fingerprint density at radius 2 is 2.05 bits per heavy atom. The quantitative estimate of drug-likeness (QED) is 0.851. The third kappa shape index (κ3) is 5.60. The Balaban J connectivity index is 2.71. The van der Waals surface area contributed by atoms with Gasteiger partial charge in [-0.25, -0.2) is 0 Å². The van der Waals surface area contributed by atoms with Crippen molar-refractivity contribution in [2.45, 2.75) is 12.6 Å². The molecule has 0 fully saturated rings. The van der Waals surface area contributed by atoms with Crippen LogP contribution in [0.25, 0.3) is 0 Å². The number of alkyl halides is 3. The van der Waals surface area contributed by atoms with Crippen molar-refractivity contribution in [3.63, 3.8) is 0 Å². The fraction of sp³-hybridized carbons (Fsp3) is 0.417. The van der Waals surface area contributed by atoms with Gasteiger partial charge < -0.3 is 15.7 Å². The van der Waals surface area contributed by atoms with Gasteiger partial charge in [-0.2, -0.15) is 13.2 Å². The maximum Gasteiger partial charge on any atom is 0.406 e. The average Bonchev–Trinajstić information content (AvgIpc) is 2.26. The predicted octanol–water partition coefficient (Wildman–Crippen LogP) is 1.28. The lowest BCUT2D eigenvalue weighted by Gasteiger charge is -2.23. The Bertz CT molecular complexity index is 435. The van der Waals surface area contributed by atoms with E-state index in [0.717, 1.165) is 0 Å². The number of aromatic hydroxyl groups is 1. The summed E-state index contributed by atoms with van der Waals surface area (Å²) >= 11 is 0. The molecule has 1 aromatic rings. The lowest BCUT2D eigenvalue weighted by Crippen LogP contribution is -2.42. The standard InChI is InChI=1S/C12H15F3N2O2/c13-12(14,15)8-17(5-4-16)11(19)7-9-2-1-3-10(18)6-9/h1-3,6,18H,4-5,7-8,16H2. The molecule has 0 aliphatic heterocycles. The number of benzene rings is 1. The van der Waals surface area contributed by atoms with E-state index in [1.807, 2.05) is 0 Å². The van der Waals surface area contributed by atoms with Crippen molar-refractivity contribution in [1.29, 1.82) is 0 Å². The number of nitrogens with two attached hydrogens (primary N) is 1. The van der Waals surface area contributed by atoms with Crippen LogP contribution >= 0.6 is 0 Å². The Kier molecular flexibility index (Phi) is 5.17. The van der Waals surface area contributed by atoms with E-state index in [1.165, 1.54) is 18.2 Å². The monoisotopic (exact) mass is 276 g/mol. The first-order valence-corrected chi connectivity index (χ1v) is 5.64. The second-order valence-electron chi connectivity index (χ2n) is 4.07. The molecule has 4 nitrogen and oxygen atoms in total. The average molecular weight is 276 g/mol. The van der Waals surface area contributed by atoms with Crippen LogP contribution < -0.4 is 5.73 Å². The fourth-order valence-corrected chi connectivity index (χ4v) is 1.62. The summed E-state index contributed by atoms with van der Waals surface area (Å²) in [7, 11) is 0. The third-order valence-corrected chi connectivity index (χ3v) is 2.39. The van der Waals surface area contributed by atoms with E-state index in [1.54, 1.807) is 6.07 Å². The maximum atomic E-state index is 12.3. The number of halogens is 3. The topological polar surface area (TPSA) is 66.6 Å². The van der Waals surface area contributed by atoms with Crippen LogP contribution in [0, 0.1) is 0 Å². The zero-order valence-corrected chi connectivity index (χ0v) is 10.2. The third-order valence-electron chi connectivity index (χ3n) is 2.39. The van der Waals surface area contributed by atoms with Crippen LogP contribution in [-0.4, -0.2) is 41.7 Å². The van der Waals surface area contributed by atoms with Crippen LogP contribution in [0.5, 0.6) is 5.75 Å². The highest BCUT2D eigenvalue weighted by Gasteiger charge is 2.32. The highest BCUT2D eigenvalue weighted by atomic mass is 19.4. The van der Waals surface area contributed by atoms with Gasteiger partial charge in [-0.05, 0) is 17.7 Å². The van der Waals surface area contributed by atoms with Gasteiger partial charge in [-0.15, -0.1) is 0 Å². The highest BCUT2D eigenvalue weighted by Crippen LogP contribution is 2.18. The Morgan fingerprint density at radius 1 is 1.37 bits per heavy atom. The second-order valence-corrected chi connectivity index (χ2v) is 4.07. The molecular weight excluding hydrogens is 261 g/mol. The zero-order valence-electron chi connectivity index (χ0n) is 10.2. The molecule has 1 amide bonds. The molecule has 0 bridgehead atoms. The molecule has 1 aromatic carbocycles. The molecule has 0 aliphatic rings. The van der Waals surface area contributed by atoms with Crippen molar-refractivity contribution >= 4 is 5.91 Å². The maximum absolute atomic E-state index is 12.3. The van der Waals surface area contributed by atoms with Crippen LogP contribution in [0.1, 0.15) is 5.56 Å². The molecule has 0 spiro atoms. The van der Waals surface area contributed by atoms with Crippen molar-refractivity contribution in [3.8, 4) is 5.75 Å². The van der Waals surface area contributed by atoms with Crippen LogP contribution in [-0.2, 0) is 11.2 Å². The van der Waals surface area contributed by atoms with E-state index in [2.05, 4.69) is 0 Å².